The van der Waals surface area contributed by atoms with Gasteiger partial charge >= 0.3 is 5.97 Å². The molecule has 2 aromatic rings. The lowest BCUT2D eigenvalue weighted by Crippen LogP contribution is -2.31. The lowest BCUT2D eigenvalue weighted by Gasteiger charge is -2.09. The number of carbonyl (C=O) groups is 2. The molecule has 0 saturated heterocycles. The summed E-state index contributed by atoms with van der Waals surface area (Å²) in [6.45, 7) is 3.97. The van der Waals surface area contributed by atoms with Crippen LogP contribution in [0.15, 0.2) is 54.6 Å². The first-order valence-electron chi connectivity index (χ1n) is 7.20. The summed E-state index contributed by atoms with van der Waals surface area (Å²) in [4.78, 5) is 23.6. The van der Waals surface area contributed by atoms with Crippen LogP contribution in [0.2, 0.25) is 0 Å². The minimum Gasteiger partial charge on any atom is -0.425 e. The highest BCUT2D eigenvalue weighted by Gasteiger charge is 2.10. The number of rotatable bonds is 5. The van der Waals surface area contributed by atoms with Crippen molar-refractivity contribution in [3.63, 3.8) is 0 Å². The van der Waals surface area contributed by atoms with Gasteiger partial charge in [-0.3, -0.25) is 4.79 Å². The topological polar surface area (TPSA) is 55.4 Å². The third-order valence-electron chi connectivity index (χ3n) is 3.19. The summed E-state index contributed by atoms with van der Waals surface area (Å²) in [5.41, 5.74) is 1.61. The van der Waals surface area contributed by atoms with Crippen molar-refractivity contribution in [1.29, 1.82) is 0 Å². The maximum absolute atomic E-state index is 11.8. The molecule has 1 N–H and O–H groups in total. The van der Waals surface area contributed by atoms with Gasteiger partial charge in [0, 0.05) is 5.56 Å². The van der Waals surface area contributed by atoms with Crippen LogP contribution in [0, 0.1) is 0 Å². The quantitative estimate of drug-likeness (QED) is 0.681. The first kappa shape index (κ1) is 15.8. The maximum atomic E-state index is 11.8. The van der Waals surface area contributed by atoms with E-state index in [1.807, 2.05) is 24.3 Å². The molecule has 114 valence electrons. The molecular formula is C18H19NO3. The third-order valence-corrected chi connectivity index (χ3v) is 3.19. The lowest BCUT2D eigenvalue weighted by atomic mass is 10.0. The molecule has 0 spiro atoms. The van der Waals surface area contributed by atoms with E-state index in [-0.39, 0.29) is 12.5 Å². The molecule has 4 nitrogen and oxygen atoms in total. The van der Waals surface area contributed by atoms with E-state index < -0.39 is 5.97 Å². The van der Waals surface area contributed by atoms with Crippen molar-refractivity contribution >= 4 is 11.9 Å². The molecule has 0 heterocycles. The monoisotopic (exact) mass is 297 g/mol. The molecule has 0 atom stereocenters. The Bertz CT molecular complexity index is 650. The van der Waals surface area contributed by atoms with Crippen molar-refractivity contribution in [2.45, 2.75) is 19.8 Å². The maximum Gasteiger partial charge on any atom is 0.330 e. The predicted molar refractivity (Wildman–Crippen MR) is 84.9 cm³/mol. The Morgan fingerprint density at radius 1 is 1.05 bits per heavy atom. The van der Waals surface area contributed by atoms with Gasteiger partial charge in [-0.1, -0.05) is 44.2 Å². The second-order valence-electron chi connectivity index (χ2n) is 5.25. The third kappa shape index (κ3) is 4.45. The summed E-state index contributed by atoms with van der Waals surface area (Å²) >= 11 is 0. The van der Waals surface area contributed by atoms with Crippen LogP contribution in [0.1, 0.15) is 35.7 Å². The Balaban J connectivity index is 1.88. The Morgan fingerprint density at radius 3 is 2.45 bits per heavy atom. The van der Waals surface area contributed by atoms with Crippen LogP contribution in [-0.2, 0) is 4.79 Å². The summed E-state index contributed by atoms with van der Waals surface area (Å²) in [6.07, 6.45) is 0. The number of amides is 1. The largest absolute Gasteiger partial charge is 0.425 e. The van der Waals surface area contributed by atoms with Gasteiger partial charge in [-0.15, -0.1) is 0 Å². The first-order chi connectivity index (χ1) is 10.6. The summed E-state index contributed by atoms with van der Waals surface area (Å²) in [7, 11) is 0. The highest BCUT2D eigenvalue weighted by molar-refractivity contribution is 5.95. The molecule has 4 heteroatoms. The smallest absolute Gasteiger partial charge is 0.330 e. The van der Waals surface area contributed by atoms with E-state index in [0.717, 1.165) is 5.56 Å². The van der Waals surface area contributed by atoms with Gasteiger partial charge in [-0.2, -0.15) is 0 Å². The lowest BCUT2D eigenvalue weighted by molar-refractivity contribution is -0.133. The van der Waals surface area contributed by atoms with E-state index in [0.29, 0.717) is 17.2 Å². The average Bonchev–Trinajstić information content (AvgIpc) is 2.53. The van der Waals surface area contributed by atoms with Crippen molar-refractivity contribution in [3.8, 4) is 5.75 Å². The molecule has 0 aromatic heterocycles. The van der Waals surface area contributed by atoms with E-state index in [4.69, 9.17) is 4.74 Å². The highest BCUT2D eigenvalue weighted by Crippen LogP contribution is 2.20. The first-order valence-corrected chi connectivity index (χ1v) is 7.20. The number of ether oxygens (including phenoxy) is 1. The predicted octanol–water partition coefficient (Wildman–Crippen LogP) is 3.15. The number of hydrogen-bond donors (Lipinski definition) is 1. The molecule has 2 aromatic carbocycles. The Hall–Kier alpha value is -2.62. The van der Waals surface area contributed by atoms with Crippen molar-refractivity contribution in [2.75, 3.05) is 6.54 Å². The van der Waals surface area contributed by atoms with Gasteiger partial charge in [-0.05, 0) is 35.7 Å². The van der Waals surface area contributed by atoms with Crippen molar-refractivity contribution in [1.82, 2.24) is 5.32 Å². The fourth-order valence-corrected chi connectivity index (χ4v) is 1.95. The highest BCUT2D eigenvalue weighted by atomic mass is 16.5. The van der Waals surface area contributed by atoms with Crippen LogP contribution < -0.4 is 10.1 Å². The normalized spacial score (nSPS) is 10.3. The van der Waals surface area contributed by atoms with Gasteiger partial charge < -0.3 is 10.1 Å². The van der Waals surface area contributed by atoms with Crippen LogP contribution in [0.4, 0.5) is 0 Å². The molecule has 0 unspecified atom stereocenters. The van der Waals surface area contributed by atoms with E-state index in [9.17, 15) is 9.59 Å². The van der Waals surface area contributed by atoms with Gasteiger partial charge in [0.2, 0.25) is 0 Å². The summed E-state index contributed by atoms with van der Waals surface area (Å²) in [5.74, 6) is 0.0558. The van der Waals surface area contributed by atoms with Gasteiger partial charge in [0.1, 0.15) is 12.3 Å². The minimum atomic E-state index is -0.495. The van der Waals surface area contributed by atoms with E-state index in [2.05, 4.69) is 19.2 Å². The Kier molecular flexibility index (Phi) is 5.31. The standard InChI is InChI=1S/C18H19NO3/c1-13(2)15-9-6-10-16(11-15)22-17(20)12-19-18(21)14-7-4-3-5-8-14/h3-11,13H,12H2,1-2H3,(H,19,21). The Labute approximate surface area is 130 Å². The van der Waals surface area contributed by atoms with E-state index in [1.54, 1.807) is 30.3 Å². The number of hydrogen-bond acceptors (Lipinski definition) is 3. The van der Waals surface area contributed by atoms with Gasteiger partial charge in [-0.25, -0.2) is 4.79 Å². The second-order valence-corrected chi connectivity index (χ2v) is 5.25. The average molecular weight is 297 g/mol. The molecule has 0 fully saturated rings. The van der Waals surface area contributed by atoms with Crippen molar-refractivity contribution in [2.24, 2.45) is 0 Å². The summed E-state index contributed by atoms with van der Waals surface area (Å²) in [5, 5.41) is 2.54. The van der Waals surface area contributed by atoms with Crippen LogP contribution in [-0.4, -0.2) is 18.4 Å². The number of benzene rings is 2. The molecule has 0 aliphatic carbocycles. The fraction of sp³-hybridized carbons (Fsp3) is 0.222. The van der Waals surface area contributed by atoms with E-state index >= 15 is 0 Å². The molecule has 2 rings (SSSR count). The molecule has 22 heavy (non-hydrogen) atoms. The van der Waals surface area contributed by atoms with Crippen molar-refractivity contribution < 1.29 is 14.3 Å². The van der Waals surface area contributed by atoms with Gasteiger partial charge in [0.25, 0.3) is 5.91 Å². The summed E-state index contributed by atoms with van der Waals surface area (Å²) in [6, 6.07) is 16.1. The SMILES string of the molecule is CC(C)c1cccc(OC(=O)CNC(=O)c2ccccc2)c1. The van der Waals surface area contributed by atoms with Crippen LogP contribution in [0.5, 0.6) is 5.75 Å². The molecule has 0 aliphatic heterocycles. The Morgan fingerprint density at radius 2 is 1.77 bits per heavy atom. The number of esters is 1. The zero-order valence-electron chi connectivity index (χ0n) is 12.7. The zero-order valence-corrected chi connectivity index (χ0v) is 12.7. The van der Waals surface area contributed by atoms with Gasteiger partial charge in [0.05, 0.1) is 0 Å². The molecule has 0 saturated carbocycles. The van der Waals surface area contributed by atoms with Gasteiger partial charge in [0.15, 0.2) is 0 Å². The number of carbonyl (C=O) groups excluding carboxylic acids is 2. The summed E-state index contributed by atoms with van der Waals surface area (Å²) < 4.78 is 5.24. The van der Waals surface area contributed by atoms with Crippen LogP contribution in [0.3, 0.4) is 0 Å². The zero-order chi connectivity index (χ0) is 15.9. The molecular weight excluding hydrogens is 278 g/mol. The number of nitrogens with one attached hydrogen (secondary N) is 1. The molecule has 0 aliphatic rings. The second kappa shape index (κ2) is 7.41. The minimum absolute atomic E-state index is 0.167. The van der Waals surface area contributed by atoms with Crippen LogP contribution >= 0.6 is 0 Å². The molecule has 0 bridgehead atoms. The molecule has 1 amide bonds. The van der Waals surface area contributed by atoms with E-state index in [1.165, 1.54) is 0 Å². The van der Waals surface area contributed by atoms with Crippen molar-refractivity contribution in [3.05, 3.63) is 65.7 Å². The molecule has 0 radical (unpaired) electrons. The van der Waals surface area contributed by atoms with Crippen LogP contribution in [0.25, 0.3) is 0 Å². The fourth-order valence-electron chi connectivity index (χ4n) is 1.95.